The van der Waals surface area contributed by atoms with Gasteiger partial charge in [0.1, 0.15) is 5.76 Å². The fraction of sp³-hybridized carbons (Fsp3) is 0.286. The predicted octanol–water partition coefficient (Wildman–Crippen LogP) is 2.57. The minimum Gasteiger partial charge on any atom is -0.468 e. The van der Waals surface area contributed by atoms with Gasteiger partial charge in [-0.15, -0.1) is 0 Å². The second-order valence-corrected chi connectivity index (χ2v) is 4.51. The first-order chi connectivity index (χ1) is 9.58. The molecule has 0 aliphatic rings. The number of nitrogens with one attached hydrogen (secondary N) is 1. The summed E-state index contributed by atoms with van der Waals surface area (Å²) < 4.78 is 5.26. The molecule has 0 bridgehead atoms. The van der Waals surface area contributed by atoms with Gasteiger partial charge in [-0.25, -0.2) is 0 Å². The molecular weight excluding hydrogens is 260 g/mol. The fourth-order valence-corrected chi connectivity index (χ4v) is 1.86. The van der Waals surface area contributed by atoms with Gasteiger partial charge >= 0.3 is 0 Å². The van der Waals surface area contributed by atoms with Gasteiger partial charge in [-0.1, -0.05) is 0 Å². The van der Waals surface area contributed by atoms with Gasteiger partial charge in [0, 0.05) is 18.7 Å². The van der Waals surface area contributed by atoms with E-state index in [0.717, 1.165) is 5.76 Å². The van der Waals surface area contributed by atoms with Crippen molar-refractivity contribution in [2.24, 2.45) is 0 Å². The second kappa shape index (κ2) is 6.31. The Morgan fingerprint density at radius 2 is 2.05 bits per heavy atom. The van der Waals surface area contributed by atoms with Crippen LogP contribution in [-0.4, -0.2) is 16.6 Å². The average Bonchev–Trinajstić information content (AvgIpc) is 2.98. The van der Waals surface area contributed by atoms with E-state index < -0.39 is 11.0 Å². The summed E-state index contributed by atoms with van der Waals surface area (Å²) in [5, 5.41) is 23.7. The maximum atomic E-state index is 10.5. The number of nitro groups is 1. The van der Waals surface area contributed by atoms with Crippen molar-refractivity contribution >= 4 is 5.69 Å². The summed E-state index contributed by atoms with van der Waals surface area (Å²) in [6.45, 7) is 2.26. The molecule has 0 aliphatic heterocycles. The molecule has 2 atom stereocenters. The summed E-state index contributed by atoms with van der Waals surface area (Å²) in [5.41, 5.74) is 0.646. The van der Waals surface area contributed by atoms with E-state index >= 15 is 0 Å². The minimum atomic E-state index is -0.729. The maximum absolute atomic E-state index is 10.5. The lowest BCUT2D eigenvalue weighted by atomic mass is 10.1. The lowest BCUT2D eigenvalue weighted by Crippen LogP contribution is -2.24. The number of rotatable bonds is 6. The van der Waals surface area contributed by atoms with Gasteiger partial charge in [-0.3, -0.25) is 10.1 Å². The van der Waals surface area contributed by atoms with Gasteiger partial charge < -0.3 is 14.8 Å². The van der Waals surface area contributed by atoms with Crippen LogP contribution in [0.25, 0.3) is 0 Å². The first-order valence-electron chi connectivity index (χ1n) is 6.27. The molecule has 106 valence electrons. The van der Waals surface area contributed by atoms with Crippen LogP contribution in [0, 0.1) is 10.1 Å². The number of nitrogens with zero attached hydrogens (tertiary/aromatic N) is 1. The number of aliphatic hydroxyl groups excluding tert-OH is 1. The molecule has 1 heterocycles. The van der Waals surface area contributed by atoms with Crippen LogP contribution in [-0.2, 0) is 0 Å². The van der Waals surface area contributed by atoms with E-state index in [1.165, 1.54) is 12.1 Å². The zero-order valence-electron chi connectivity index (χ0n) is 11.0. The molecule has 0 amide bonds. The quantitative estimate of drug-likeness (QED) is 0.625. The number of benzene rings is 1. The lowest BCUT2D eigenvalue weighted by molar-refractivity contribution is -0.384. The van der Waals surface area contributed by atoms with Gasteiger partial charge in [-0.2, -0.15) is 0 Å². The summed E-state index contributed by atoms with van der Waals surface area (Å²) in [6, 6.07) is 9.53. The molecule has 20 heavy (non-hydrogen) atoms. The molecule has 6 heteroatoms. The number of furan rings is 1. The molecule has 0 saturated heterocycles. The Balaban J connectivity index is 1.91. The van der Waals surface area contributed by atoms with Crippen LogP contribution in [0.15, 0.2) is 47.1 Å². The van der Waals surface area contributed by atoms with E-state index in [2.05, 4.69) is 5.32 Å². The van der Waals surface area contributed by atoms with Gasteiger partial charge in [0.15, 0.2) is 0 Å². The zero-order valence-corrected chi connectivity index (χ0v) is 11.0. The number of hydrogen-bond acceptors (Lipinski definition) is 5. The van der Waals surface area contributed by atoms with Crippen molar-refractivity contribution in [1.29, 1.82) is 0 Å². The van der Waals surface area contributed by atoms with Crippen LogP contribution in [0.2, 0.25) is 0 Å². The van der Waals surface area contributed by atoms with E-state index in [1.54, 1.807) is 24.5 Å². The Kier molecular flexibility index (Phi) is 4.49. The largest absolute Gasteiger partial charge is 0.468 e. The molecule has 0 spiro atoms. The van der Waals surface area contributed by atoms with E-state index in [0.29, 0.717) is 12.1 Å². The SMILES string of the molecule is C[C@H](NCC(O)c1ccc([N+](=O)[O-])cc1)c1ccco1. The molecular formula is C14H16N2O4. The molecule has 0 saturated carbocycles. The summed E-state index contributed by atoms with van der Waals surface area (Å²) in [4.78, 5) is 10.1. The molecule has 0 fully saturated rings. The van der Waals surface area contributed by atoms with Crippen LogP contribution >= 0.6 is 0 Å². The van der Waals surface area contributed by atoms with Crippen LogP contribution in [0.4, 0.5) is 5.69 Å². The number of aliphatic hydroxyl groups is 1. The predicted molar refractivity (Wildman–Crippen MR) is 73.2 cm³/mol. The second-order valence-electron chi connectivity index (χ2n) is 4.51. The van der Waals surface area contributed by atoms with E-state index in [1.807, 2.05) is 13.0 Å². The highest BCUT2D eigenvalue weighted by Gasteiger charge is 2.13. The summed E-state index contributed by atoms with van der Waals surface area (Å²) in [5.74, 6) is 0.792. The molecule has 6 nitrogen and oxygen atoms in total. The Morgan fingerprint density at radius 1 is 1.35 bits per heavy atom. The highest BCUT2D eigenvalue weighted by Crippen LogP contribution is 2.18. The van der Waals surface area contributed by atoms with Crippen molar-refractivity contribution in [3.63, 3.8) is 0 Å². The van der Waals surface area contributed by atoms with E-state index in [4.69, 9.17) is 4.42 Å². The molecule has 2 rings (SSSR count). The van der Waals surface area contributed by atoms with Crippen LogP contribution < -0.4 is 5.32 Å². The van der Waals surface area contributed by atoms with E-state index in [9.17, 15) is 15.2 Å². The number of hydrogen-bond donors (Lipinski definition) is 2. The lowest BCUT2D eigenvalue weighted by Gasteiger charge is -2.15. The molecule has 1 aromatic carbocycles. The first kappa shape index (κ1) is 14.2. The third kappa shape index (κ3) is 3.43. The molecule has 2 N–H and O–H groups in total. The smallest absolute Gasteiger partial charge is 0.269 e. The highest BCUT2D eigenvalue weighted by molar-refractivity contribution is 5.33. The average molecular weight is 276 g/mol. The topological polar surface area (TPSA) is 88.5 Å². The zero-order chi connectivity index (χ0) is 14.5. The Labute approximate surface area is 116 Å². The Morgan fingerprint density at radius 3 is 2.60 bits per heavy atom. The Bertz CT molecular complexity index is 551. The van der Waals surface area contributed by atoms with Gasteiger partial charge in [0.2, 0.25) is 0 Å². The summed E-state index contributed by atoms with van der Waals surface area (Å²) in [7, 11) is 0. The van der Waals surface area contributed by atoms with E-state index in [-0.39, 0.29) is 11.7 Å². The molecule has 2 aromatic rings. The molecule has 1 unspecified atom stereocenters. The first-order valence-corrected chi connectivity index (χ1v) is 6.27. The van der Waals surface area contributed by atoms with Gasteiger partial charge in [0.05, 0.1) is 23.3 Å². The van der Waals surface area contributed by atoms with Crippen LogP contribution in [0.1, 0.15) is 30.4 Å². The third-order valence-electron chi connectivity index (χ3n) is 3.08. The van der Waals surface area contributed by atoms with Crippen LogP contribution in [0.5, 0.6) is 0 Å². The van der Waals surface area contributed by atoms with Gasteiger partial charge in [0.25, 0.3) is 5.69 Å². The van der Waals surface area contributed by atoms with Crippen LogP contribution in [0.3, 0.4) is 0 Å². The van der Waals surface area contributed by atoms with Gasteiger partial charge in [-0.05, 0) is 36.8 Å². The van der Waals surface area contributed by atoms with Crippen molar-refractivity contribution in [3.05, 3.63) is 64.1 Å². The molecule has 0 radical (unpaired) electrons. The summed E-state index contributed by atoms with van der Waals surface area (Å²) >= 11 is 0. The van der Waals surface area contributed by atoms with Crippen molar-refractivity contribution in [2.75, 3.05) is 6.54 Å². The molecule has 0 aliphatic carbocycles. The van der Waals surface area contributed by atoms with Crippen molar-refractivity contribution in [3.8, 4) is 0 Å². The normalized spacial score (nSPS) is 13.9. The molecule has 1 aromatic heterocycles. The fourth-order valence-electron chi connectivity index (χ4n) is 1.86. The van der Waals surface area contributed by atoms with Crippen molar-refractivity contribution in [1.82, 2.24) is 5.32 Å². The summed E-state index contributed by atoms with van der Waals surface area (Å²) in [6.07, 6.45) is 0.869. The highest BCUT2D eigenvalue weighted by atomic mass is 16.6. The van der Waals surface area contributed by atoms with Crippen molar-refractivity contribution < 1.29 is 14.4 Å². The maximum Gasteiger partial charge on any atom is 0.269 e. The minimum absolute atomic E-state index is 0.0119. The Hall–Kier alpha value is -2.18. The third-order valence-corrected chi connectivity index (χ3v) is 3.08. The standard InChI is InChI=1S/C14H16N2O4/c1-10(14-3-2-8-20-14)15-9-13(17)11-4-6-12(7-5-11)16(18)19/h2-8,10,13,15,17H,9H2,1H3/t10-,13?/m0/s1. The number of nitro benzene ring substituents is 1. The number of non-ortho nitro benzene ring substituents is 1. The van der Waals surface area contributed by atoms with Crippen molar-refractivity contribution in [2.45, 2.75) is 19.1 Å². The monoisotopic (exact) mass is 276 g/mol.